The van der Waals surface area contributed by atoms with Crippen LogP contribution in [0.1, 0.15) is 20.3 Å². The van der Waals surface area contributed by atoms with E-state index in [0.29, 0.717) is 12.0 Å². The Hall–Kier alpha value is -1.73. The number of nitrogens with one attached hydrogen (secondary N) is 1. The molecule has 1 aromatic carbocycles. The molecule has 0 spiro atoms. The maximum absolute atomic E-state index is 12.9. The quantitative estimate of drug-likeness (QED) is 0.915. The number of carbonyl (C=O) groups is 1. The van der Waals surface area contributed by atoms with E-state index in [2.05, 4.69) is 5.32 Å². The van der Waals surface area contributed by atoms with Crippen LogP contribution in [0.5, 0.6) is 0 Å². The predicted molar refractivity (Wildman–Crippen MR) is 81.1 cm³/mol. The Morgan fingerprint density at radius 2 is 1.91 bits per heavy atom. The van der Waals surface area contributed by atoms with Gasteiger partial charge in [-0.3, -0.25) is 4.79 Å². The van der Waals surface area contributed by atoms with Gasteiger partial charge in [-0.25, -0.2) is 12.8 Å². The molecule has 1 aromatic rings. The zero-order chi connectivity index (χ0) is 16.3. The first-order valence-corrected chi connectivity index (χ1v) is 8.50. The molecule has 1 N–H and O–H groups in total. The summed E-state index contributed by atoms with van der Waals surface area (Å²) in [5.74, 6) is -0.640. The van der Waals surface area contributed by atoms with Gasteiger partial charge in [0.05, 0.1) is 4.90 Å². The van der Waals surface area contributed by atoms with Crippen molar-refractivity contribution in [3.8, 4) is 0 Å². The molecule has 0 aromatic heterocycles. The largest absolute Gasteiger partial charge is 0.350 e. The van der Waals surface area contributed by atoms with Crippen LogP contribution in [0, 0.1) is 5.82 Å². The van der Waals surface area contributed by atoms with Crippen molar-refractivity contribution in [2.45, 2.75) is 31.2 Å². The Labute approximate surface area is 129 Å². The highest BCUT2D eigenvalue weighted by Crippen LogP contribution is 2.20. The van der Waals surface area contributed by atoms with Crippen LogP contribution in [-0.4, -0.2) is 37.8 Å². The number of amides is 1. The molecule has 0 saturated carbocycles. The number of benzene rings is 1. The monoisotopic (exact) mass is 326 g/mol. The Bertz CT molecular complexity index is 681. The fourth-order valence-electron chi connectivity index (χ4n) is 2.19. The van der Waals surface area contributed by atoms with Gasteiger partial charge in [-0.1, -0.05) is 6.08 Å². The van der Waals surface area contributed by atoms with Crippen molar-refractivity contribution in [2.24, 2.45) is 0 Å². The van der Waals surface area contributed by atoms with Crippen LogP contribution in [0.15, 0.2) is 40.8 Å². The van der Waals surface area contributed by atoms with Crippen molar-refractivity contribution in [3.63, 3.8) is 0 Å². The normalized spacial score (nSPS) is 16.5. The summed E-state index contributed by atoms with van der Waals surface area (Å²) in [4.78, 5) is 11.9. The van der Waals surface area contributed by atoms with Gasteiger partial charge in [0.15, 0.2) is 0 Å². The van der Waals surface area contributed by atoms with Crippen molar-refractivity contribution < 1.29 is 17.6 Å². The van der Waals surface area contributed by atoms with Gasteiger partial charge in [0.25, 0.3) is 0 Å². The van der Waals surface area contributed by atoms with E-state index in [9.17, 15) is 17.6 Å². The smallest absolute Gasteiger partial charge is 0.247 e. The fourth-order valence-corrected chi connectivity index (χ4v) is 3.57. The van der Waals surface area contributed by atoms with E-state index >= 15 is 0 Å². The van der Waals surface area contributed by atoms with Gasteiger partial charge in [-0.15, -0.1) is 0 Å². The van der Waals surface area contributed by atoms with E-state index < -0.39 is 15.8 Å². The molecule has 1 amide bonds. The molecule has 7 heteroatoms. The summed E-state index contributed by atoms with van der Waals surface area (Å²) in [5.41, 5.74) is 0.597. The zero-order valence-corrected chi connectivity index (χ0v) is 13.4. The molecule has 0 bridgehead atoms. The van der Waals surface area contributed by atoms with Gasteiger partial charge in [0.1, 0.15) is 5.82 Å². The third kappa shape index (κ3) is 3.72. The second kappa shape index (κ2) is 6.58. The first-order valence-electron chi connectivity index (χ1n) is 7.06. The molecular weight excluding hydrogens is 307 g/mol. The molecule has 1 aliphatic heterocycles. The SMILES string of the molecule is CC(C)NC(=O)C1=CCN(S(=O)(=O)c2ccc(F)cc2)CC1. The molecule has 0 saturated heterocycles. The van der Waals surface area contributed by atoms with E-state index in [1.54, 1.807) is 6.08 Å². The third-order valence-corrected chi connectivity index (χ3v) is 5.21. The van der Waals surface area contributed by atoms with Crippen molar-refractivity contribution in [2.75, 3.05) is 13.1 Å². The second-order valence-electron chi connectivity index (χ2n) is 5.42. The number of hydrogen-bond acceptors (Lipinski definition) is 3. The molecule has 0 fully saturated rings. The number of carbonyl (C=O) groups excluding carboxylic acids is 1. The maximum atomic E-state index is 12.9. The Balaban J connectivity index is 2.11. The molecule has 0 radical (unpaired) electrons. The van der Waals surface area contributed by atoms with Gasteiger partial charge < -0.3 is 5.32 Å². The van der Waals surface area contributed by atoms with E-state index in [0.717, 1.165) is 12.1 Å². The van der Waals surface area contributed by atoms with Crippen LogP contribution in [-0.2, 0) is 14.8 Å². The molecule has 120 valence electrons. The summed E-state index contributed by atoms with van der Waals surface area (Å²) in [7, 11) is -3.66. The van der Waals surface area contributed by atoms with Gasteiger partial charge in [-0.05, 0) is 44.5 Å². The minimum atomic E-state index is -3.66. The van der Waals surface area contributed by atoms with E-state index in [1.165, 1.54) is 16.4 Å². The molecule has 0 unspecified atom stereocenters. The van der Waals surface area contributed by atoms with Gasteiger partial charge >= 0.3 is 0 Å². The summed E-state index contributed by atoms with van der Waals surface area (Å²) >= 11 is 0. The number of rotatable bonds is 4. The Morgan fingerprint density at radius 1 is 1.27 bits per heavy atom. The van der Waals surface area contributed by atoms with Gasteiger partial charge in [0.2, 0.25) is 15.9 Å². The Morgan fingerprint density at radius 3 is 2.41 bits per heavy atom. The van der Waals surface area contributed by atoms with Crippen LogP contribution in [0.4, 0.5) is 4.39 Å². The zero-order valence-electron chi connectivity index (χ0n) is 12.5. The number of halogens is 1. The highest BCUT2D eigenvalue weighted by atomic mass is 32.2. The fraction of sp³-hybridized carbons (Fsp3) is 0.400. The van der Waals surface area contributed by atoms with Crippen molar-refractivity contribution >= 4 is 15.9 Å². The van der Waals surface area contributed by atoms with Crippen molar-refractivity contribution in [1.29, 1.82) is 0 Å². The first kappa shape index (κ1) is 16.6. The van der Waals surface area contributed by atoms with Crippen LogP contribution in [0.3, 0.4) is 0 Å². The molecule has 1 heterocycles. The molecule has 1 aliphatic rings. The maximum Gasteiger partial charge on any atom is 0.247 e. The molecular formula is C15H19FN2O3S. The summed E-state index contributed by atoms with van der Waals surface area (Å²) in [6.07, 6.45) is 1.99. The molecule has 0 aliphatic carbocycles. The first-order chi connectivity index (χ1) is 10.3. The van der Waals surface area contributed by atoms with E-state index in [1.807, 2.05) is 13.8 Å². The Kier molecular flexibility index (Phi) is 4.97. The van der Waals surface area contributed by atoms with Crippen molar-refractivity contribution in [3.05, 3.63) is 41.7 Å². The van der Waals surface area contributed by atoms with Gasteiger partial charge in [-0.2, -0.15) is 4.31 Å². The lowest BCUT2D eigenvalue weighted by molar-refractivity contribution is -0.118. The lowest BCUT2D eigenvalue weighted by Gasteiger charge is -2.25. The summed E-state index contributed by atoms with van der Waals surface area (Å²) in [6, 6.07) is 4.77. The van der Waals surface area contributed by atoms with Crippen LogP contribution >= 0.6 is 0 Å². The summed E-state index contributed by atoms with van der Waals surface area (Å²) < 4.78 is 39.0. The molecule has 2 rings (SSSR count). The number of hydrogen-bond donors (Lipinski definition) is 1. The topological polar surface area (TPSA) is 66.5 Å². The van der Waals surface area contributed by atoms with E-state index in [-0.39, 0.29) is 29.9 Å². The third-order valence-electron chi connectivity index (χ3n) is 3.33. The lowest BCUT2D eigenvalue weighted by Crippen LogP contribution is -2.38. The summed E-state index contributed by atoms with van der Waals surface area (Å²) in [5, 5.41) is 2.79. The van der Waals surface area contributed by atoms with Crippen molar-refractivity contribution in [1.82, 2.24) is 9.62 Å². The minimum Gasteiger partial charge on any atom is -0.350 e. The standard InChI is InChI=1S/C15H19FN2O3S/c1-11(2)17-15(19)12-7-9-18(10-8-12)22(20,21)14-5-3-13(16)4-6-14/h3-7,11H,8-10H2,1-2H3,(H,17,19). The molecule has 22 heavy (non-hydrogen) atoms. The summed E-state index contributed by atoms with van der Waals surface area (Å²) in [6.45, 7) is 4.11. The highest BCUT2D eigenvalue weighted by Gasteiger charge is 2.27. The van der Waals surface area contributed by atoms with Gasteiger partial charge in [0, 0.05) is 24.7 Å². The van der Waals surface area contributed by atoms with Crippen LogP contribution in [0.25, 0.3) is 0 Å². The van der Waals surface area contributed by atoms with Crippen LogP contribution < -0.4 is 5.32 Å². The molecule has 5 nitrogen and oxygen atoms in total. The number of sulfonamides is 1. The highest BCUT2D eigenvalue weighted by molar-refractivity contribution is 7.89. The average Bonchev–Trinajstić information content (AvgIpc) is 2.47. The van der Waals surface area contributed by atoms with Crippen LogP contribution in [0.2, 0.25) is 0 Å². The average molecular weight is 326 g/mol. The lowest BCUT2D eigenvalue weighted by atomic mass is 10.1. The molecule has 0 atom stereocenters. The van der Waals surface area contributed by atoms with E-state index in [4.69, 9.17) is 0 Å². The second-order valence-corrected chi connectivity index (χ2v) is 7.36. The predicted octanol–water partition coefficient (Wildman–Crippen LogP) is 1.67. The minimum absolute atomic E-state index is 0.0365. The number of nitrogens with zero attached hydrogens (tertiary/aromatic N) is 1.